The minimum atomic E-state index is -2.89. The average molecular weight is 302 g/mol. The number of alkyl halides is 2. The Labute approximate surface area is 122 Å². The van der Waals surface area contributed by atoms with Crippen LogP contribution in [0.4, 0.5) is 8.78 Å². The Hall–Kier alpha value is -1.63. The summed E-state index contributed by atoms with van der Waals surface area (Å²) in [5, 5.41) is 0. The minimum absolute atomic E-state index is 0.0175. The molecule has 1 atom stereocenters. The van der Waals surface area contributed by atoms with E-state index in [4.69, 9.17) is 9.47 Å². The van der Waals surface area contributed by atoms with E-state index in [0.717, 1.165) is 6.20 Å². The molecule has 1 rings (SSSR count). The van der Waals surface area contributed by atoms with E-state index in [2.05, 4.69) is 9.97 Å². The van der Waals surface area contributed by atoms with Gasteiger partial charge in [-0.2, -0.15) is 0 Å². The lowest BCUT2D eigenvalue weighted by molar-refractivity contribution is 0.0221. The lowest BCUT2D eigenvalue weighted by atomic mass is 10.1. The van der Waals surface area contributed by atoms with E-state index in [1.807, 2.05) is 13.8 Å². The van der Waals surface area contributed by atoms with Gasteiger partial charge < -0.3 is 9.47 Å². The molecule has 0 aliphatic carbocycles. The molecule has 0 fully saturated rings. The van der Waals surface area contributed by atoms with Crippen LogP contribution in [-0.2, 0) is 9.47 Å². The van der Waals surface area contributed by atoms with E-state index in [0.29, 0.717) is 6.61 Å². The molecule has 1 heterocycles. The fraction of sp³-hybridized carbons (Fsp3) is 0.643. The van der Waals surface area contributed by atoms with Crippen LogP contribution in [0.5, 0.6) is 0 Å². The number of ether oxygens (including phenoxy) is 2. The van der Waals surface area contributed by atoms with Gasteiger partial charge in [0.05, 0.1) is 6.61 Å². The summed E-state index contributed by atoms with van der Waals surface area (Å²) in [6.45, 7) is 7.66. The molecule has 0 N–H and O–H groups in total. The Morgan fingerprint density at radius 2 is 1.95 bits per heavy atom. The molecule has 0 aliphatic heterocycles. The van der Waals surface area contributed by atoms with Crippen molar-refractivity contribution in [1.82, 2.24) is 9.97 Å². The average Bonchev–Trinajstić information content (AvgIpc) is 2.44. The van der Waals surface area contributed by atoms with Gasteiger partial charge in [0.25, 0.3) is 6.43 Å². The molecule has 21 heavy (non-hydrogen) atoms. The van der Waals surface area contributed by atoms with Crippen LogP contribution in [0.2, 0.25) is 0 Å². The zero-order valence-corrected chi connectivity index (χ0v) is 12.6. The van der Waals surface area contributed by atoms with E-state index in [9.17, 15) is 13.6 Å². The van der Waals surface area contributed by atoms with Crippen LogP contribution >= 0.6 is 0 Å². The minimum Gasteiger partial charge on any atom is -0.462 e. The maximum atomic E-state index is 13.1. The van der Waals surface area contributed by atoms with Crippen molar-refractivity contribution >= 4 is 5.97 Å². The van der Waals surface area contributed by atoms with Crippen LogP contribution in [0.3, 0.4) is 0 Å². The molecule has 1 aromatic rings. The second-order valence-corrected chi connectivity index (χ2v) is 4.67. The number of esters is 1. The van der Waals surface area contributed by atoms with Crippen LogP contribution < -0.4 is 0 Å². The number of halogens is 2. The SMILES string of the molecule is CCOC(=O)c1cnc(C(OCC)C(C)C)nc1C(F)F. The molecular weight excluding hydrogens is 282 g/mol. The van der Waals surface area contributed by atoms with E-state index >= 15 is 0 Å². The fourth-order valence-corrected chi connectivity index (χ4v) is 1.82. The summed E-state index contributed by atoms with van der Waals surface area (Å²) < 4.78 is 36.5. The Kier molecular flexibility index (Phi) is 6.61. The Morgan fingerprint density at radius 1 is 1.29 bits per heavy atom. The molecule has 7 heteroatoms. The highest BCUT2D eigenvalue weighted by atomic mass is 19.3. The summed E-state index contributed by atoms with van der Waals surface area (Å²) in [5.41, 5.74) is -0.932. The molecule has 1 unspecified atom stereocenters. The normalized spacial score (nSPS) is 12.8. The number of aromatic nitrogens is 2. The summed E-state index contributed by atoms with van der Waals surface area (Å²) in [4.78, 5) is 19.5. The smallest absolute Gasteiger partial charge is 0.341 e. The number of carbonyl (C=O) groups excluding carboxylic acids is 1. The molecule has 5 nitrogen and oxygen atoms in total. The molecule has 0 bridgehead atoms. The lowest BCUT2D eigenvalue weighted by Gasteiger charge is -2.20. The van der Waals surface area contributed by atoms with E-state index < -0.39 is 24.2 Å². The maximum Gasteiger partial charge on any atom is 0.341 e. The van der Waals surface area contributed by atoms with Crippen molar-refractivity contribution in [1.29, 1.82) is 0 Å². The van der Waals surface area contributed by atoms with E-state index in [1.54, 1.807) is 13.8 Å². The standard InChI is InChI=1S/C14H20F2N2O3/c1-5-20-11(8(3)4)13-17-7-9(14(19)21-6-2)10(18-13)12(15)16/h7-8,11-12H,5-6H2,1-4H3. The number of nitrogens with zero attached hydrogens (tertiary/aromatic N) is 2. The number of rotatable bonds is 7. The largest absolute Gasteiger partial charge is 0.462 e. The van der Waals surface area contributed by atoms with Crippen molar-refractivity contribution in [2.45, 2.75) is 40.2 Å². The van der Waals surface area contributed by atoms with Crippen molar-refractivity contribution in [2.75, 3.05) is 13.2 Å². The first kappa shape index (κ1) is 17.4. The highest BCUT2D eigenvalue weighted by molar-refractivity contribution is 5.90. The molecule has 0 saturated heterocycles. The predicted octanol–water partition coefficient (Wildman–Crippen LogP) is 3.32. The Balaban J connectivity index is 3.21. The third-order valence-corrected chi connectivity index (χ3v) is 2.75. The van der Waals surface area contributed by atoms with Crippen LogP contribution in [0, 0.1) is 5.92 Å². The van der Waals surface area contributed by atoms with Gasteiger partial charge in [0.1, 0.15) is 17.4 Å². The van der Waals surface area contributed by atoms with Crippen molar-refractivity contribution in [3.8, 4) is 0 Å². The molecule has 0 aliphatic rings. The first-order valence-corrected chi connectivity index (χ1v) is 6.86. The molecular formula is C14H20F2N2O3. The zero-order valence-electron chi connectivity index (χ0n) is 12.6. The monoisotopic (exact) mass is 302 g/mol. The number of hydrogen-bond acceptors (Lipinski definition) is 5. The molecule has 0 spiro atoms. The van der Waals surface area contributed by atoms with Gasteiger partial charge in [-0.15, -0.1) is 0 Å². The highest BCUT2D eigenvalue weighted by Crippen LogP contribution is 2.27. The summed E-state index contributed by atoms with van der Waals surface area (Å²) in [5.74, 6) is -0.684. The van der Waals surface area contributed by atoms with Gasteiger partial charge in [-0.1, -0.05) is 13.8 Å². The zero-order chi connectivity index (χ0) is 16.0. The van der Waals surface area contributed by atoms with E-state index in [-0.39, 0.29) is 23.9 Å². The predicted molar refractivity (Wildman–Crippen MR) is 72.2 cm³/mol. The third kappa shape index (κ3) is 4.42. The van der Waals surface area contributed by atoms with Crippen LogP contribution in [0.1, 0.15) is 62.1 Å². The maximum absolute atomic E-state index is 13.1. The number of hydrogen-bond donors (Lipinski definition) is 0. The fourth-order valence-electron chi connectivity index (χ4n) is 1.82. The molecule has 1 aromatic heterocycles. The molecule has 0 amide bonds. The highest BCUT2D eigenvalue weighted by Gasteiger charge is 2.26. The second-order valence-electron chi connectivity index (χ2n) is 4.67. The van der Waals surface area contributed by atoms with Crippen molar-refractivity contribution in [2.24, 2.45) is 5.92 Å². The molecule has 0 radical (unpaired) electrons. The van der Waals surface area contributed by atoms with Gasteiger partial charge in [-0.05, 0) is 19.8 Å². The second kappa shape index (κ2) is 7.97. The summed E-state index contributed by atoms with van der Waals surface area (Å²) >= 11 is 0. The van der Waals surface area contributed by atoms with Crippen LogP contribution in [0.25, 0.3) is 0 Å². The van der Waals surface area contributed by atoms with Gasteiger partial charge >= 0.3 is 5.97 Å². The first-order chi connectivity index (χ1) is 9.92. The molecule has 0 saturated carbocycles. The molecule has 118 valence electrons. The summed E-state index contributed by atoms with van der Waals surface area (Å²) in [6.07, 6.45) is -2.31. The van der Waals surface area contributed by atoms with Crippen LogP contribution in [0.15, 0.2) is 6.20 Å². The van der Waals surface area contributed by atoms with Gasteiger partial charge in [0, 0.05) is 12.8 Å². The Morgan fingerprint density at radius 3 is 2.43 bits per heavy atom. The topological polar surface area (TPSA) is 61.3 Å². The van der Waals surface area contributed by atoms with Crippen LogP contribution in [-0.4, -0.2) is 29.2 Å². The lowest BCUT2D eigenvalue weighted by Crippen LogP contribution is -2.18. The number of carbonyl (C=O) groups is 1. The van der Waals surface area contributed by atoms with Crippen molar-refractivity contribution in [3.63, 3.8) is 0 Å². The third-order valence-electron chi connectivity index (χ3n) is 2.75. The summed E-state index contributed by atoms with van der Waals surface area (Å²) in [6, 6.07) is 0. The van der Waals surface area contributed by atoms with Crippen molar-refractivity contribution < 1.29 is 23.0 Å². The van der Waals surface area contributed by atoms with E-state index in [1.165, 1.54) is 0 Å². The van der Waals surface area contributed by atoms with Gasteiger partial charge in [-0.3, -0.25) is 0 Å². The van der Waals surface area contributed by atoms with Crippen molar-refractivity contribution in [3.05, 3.63) is 23.3 Å². The van der Waals surface area contributed by atoms with Gasteiger partial charge in [-0.25, -0.2) is 23.5 Å². The van der Waals surface area contributed by atoms with Gasteiger partial charge in [0.15, 0.2) is 5.82 Å². The summed E-state index contributed by atoms with van der Waals surface area (Å²) in [7, 11) is 0. The molecule has 0 aromatic carbocycles. The van der Waals surface area contributed by atoms with Gasteiger partial charge in [0.2, 0.25) is 0 Å². The first-order valence-electron chi connectivity index (χ1n) is 6.86. The quantitative estimate of drug-likeness (QED) is 0.723. The Bertz CT molecular complexity index is 481.